The van der Waals surface area contributed by atoms with Crippen molar-refractivity contribution < 1.29 is 14.4 Å². The van der Waals surface area contributed by atoms with E-state index in [1.165, 1.54) is 18.3 Å². The molecule has 3 N–H and O–H groups in total. The summed E-state index contributed by atoms with van der Waals surface area (Å²) in [6.45, 7) is 3.24. The second-order valence-corrected chi connectivity index (χ2v) is 7.04. The Kier molecular flexibility index (Phi) is 5.86. The van der Waals surface area contributed by atoms with Gasteiger partial charge in [-0.15, -0.1) is 11.3 Å². The van der Waals surface area contributed by atoms with Crippen LogP contribution in [0.2, 0.25) is 0 Å². The van der Waals surface area contributed by atoms with Crippen LogP contribution in [0.4, 0.5) is 17.1 Å². The summed E-state index contributed by atoms with van der Waals surface area (Å²) in [4.78, 5) is 37.1. The van der Waals surface area contributed by atoms with Gasteiger partial charge >= 0.3 is 0 Å². The first-order valence-corrected chi connectivity index (χ1v) is 9.46. The van der Waals surface area contributed by atoms with Gasteiger partial charge in [-0.25, -0.2) is 0 Å². The van der Waals surface area contributed by atoms with E-state index in [4.69, 9.17) is 0 Å². The van der Waals surface area contributed by atoms with Gasteiger partial charge in [0.1, 0.15) is 0 Å². The molecule has 3 rings (SSSR count). The van der Waals surface area contributed by atoms with Crippen molar-refractivity contribution in [3.8, 4) is 0 Å². The van der Waals surface area contributed by atoms with Gasteiger partial charge in [0.05, 0.1) is 16.1 Å². The molecule has 0 fully saturated rings. The SMILES string of the molecule is CC(=O)Nc1cccc(NC(=O)c2ccccc2NC(=O)c2cccs2)c1C. The first kappa shape index (κ1) is 19.3. The fraction of sp³-hybridized carbons (Fsp3) is 0.0952. The fourth-order valence-electron chi connectivity index (χ4n) is 2.67. The Balaban J connectivity index is 1.82. The van der Waals surface area contributed by atoms with Crippen molar-refractivity contribution in [2.24, 2.45) is 0 Å². The maximum absolute atomic E-state index is 12.8. The lowest BCUT2D eigenvalue weighted by molar-refractivity contribution is -0.114. The number of amides is 3. The van der Waals surface area contributed by atoms with Crippen LogP contribution >= 0.6 is 11.3 Å². The van der Waals surface area contributed by atoms with Gasteiger partial charge in [-0.05, 0) is 48.2 Å². The molecule has 0 saturated carbocycles. The molecule has 3 aromatic rings. The Hall–Kier alpha value is -3.45. The van der Waals surface area contributed by atoms with Gasteiger partial charge in [-0.1, -0.05) is 24.3 Å². The molecule has 2 aromatic carbocycles. The van der Waals surface area contributed by atoms with Crippen LogP contribution in [0.25, 0.3) is 0 Å². The number of anilines is 3. The molecule has 1 aromatic heterocycles. The summed E-state index contributed by atoms with van der Waals surface area (Å²) in [6, 6.07) is 15.6. The minimum atomic E-state index is -0.356. The van der Waals surface area contributed by atoms with E-state index >= 15 is 0 Å². The summed E-state index contributed by atoms with van der Waals surface area (Å²) >= 11 is 1.33. The second-order valence-electron chi connectivity index (χ2n) is 6.09. The van der Waals surface area contributed by atoms with E-state index in [0.29, 0.717) is 27.5 Å². The summed E-state index contributed by atoms with van der Waals surface area (Å²) in [5.74, 6) is -0.808. The monoisotopic (exact) mass is 393 g/mol. The van der Waals surface area contributed by atoms with Crippen LogP contribution in [-0.4, -0.2) is 17.7 Å². The molecule has 0 bridgehead atoms. The summed E-state index contributed by atoms with van der Waals surface area (Å²) in [6.07, 6.45) is 0. The minimum absolute atomic E-state index is 0.187. The molecule has 1 heterocycles. The lowest BCUT2D eigenvalue weighted by Gasteiger charge is -2.14. The number of benzene rings is 2. The highest BCUT2D eigenvalue weighted by Crippen LogP contribution is 2.25. The summed E-state index contributed by atoms with van der Waals surface area (Å²) < 4.78 is 0. The Bertz CT molecular complexity index is 1030. The number of para-hydroxylation sites is 1. The first-order chi connectivity index (χ1) is 13.5. The van der Waals surface area contributed by atoms with Gasteiger partial charge in [0.15, 0.2) is 0 Å². The van der Waals surface area contributed by atoms with Gasteiger partial charge in [-0.2, -0.15) is 0 Å². The number of thiophene rings is 1. The molecule has 0 spiro atoms. The van der Waals surface area contributed by atoms with E-state index in [2.05, 4.69) is 16.0 Å². The van der Waals surface area contributed by atoms with E-state index in [9.17, 15) is 14.4 Å². The molecule has 0 unspecified atom stereocenters. The van der Waals surface area contributed by atoms with Crippen LogP contribution in [0.5, 0.6) is 0 Å². The number of carbonyl (C=O) groups excluding carboxylic acids is 3. The normalized spacial score (nSPS) is 10.2. The maximum Gasteiger partial charge on any atom is 0.265 e. The van der Waals surface area contributed by atoms with Crippen molar-refractivity contribution in [2.45, 2.75) is 13.8 Å². The predicted octanol–water partition coefficient (Wildman–Crippen LogP) is 4.52. The zero-order chi connectivity index (χ0) is 20.1. The highest BCUT2D eigenvalue weighted by atomic mass is 32.1. The topological polar surface area (TPSA) is 87.3 Å². The molecule has 0 aliphatic heterocycles. The van der Waals surface area contributed by atoms with Crippen molar-refractivity contribution in [1.29, 1.82) is 0 Å². The third kappa shape index (κ3) is 4.44. The lowest BCUT2D eigenvalue weighted by atomic mass is 10.1. The molecule has 0 aliphatic carbocycles. The Labute approximate surface area is 166 Å². The molecule has 28 heavy (non-hydrogen) atoms. The summed E-state index contributed by atoms with van der Waals surface area (Å²) in [5, 5.41) is 10.2. The second kappa shape index (κ2) is 8.49. The molecule has 0 saturated heterocycles. The minimum Gasteiger partial charge on any atom is -0.326 e. The smallest absolute Gasteiger partial charge is 0.265 e. The third-order valence-electron chi connectivity index (χ3n) is 4.06. The van der Waals surface area contributed by atoms with Gasteiger partial charge in [0.25, 0.3) is 11.8 Å². The third-order valence-corrected chi connectivity index (χ3v) is 4.93. The summed E-state index contributed by atoms with van der Waals surface area (Å²) in [5.41, 5.74) is 2.72. The van der Waals surface area contributed by atoms with Gasteiger partial charge in [0.2, 0.25) is 5.91 Å². The highest BCUT2D eigenvalue weighted by Gasteiger charge is 2.16. The van der Waals surface area contributed by atoms with Crippen LogP contribution in [0.1, 0.15) is 32.5 Å². The highest BCUT2D eigenvalue weighted by molar-refractivity contribution is 7.12. The van der Waals surface area contributed by atoms with Crippen LogP contribution in [-0.2, 0) is 4.79 Å². The van der Waals surface area contributed by atoms with Gasteiger partial charge in [-0.3, -0.25) is 14.4 Å². The molecule has 0 atom stereocenters. The first-order valence-electron chi connectivity index (χ1n) is 8.58. The van der Waals surface area contributed by atoms with Crippen molar-refractivity contribution in [1.82, 2.24) is 0 Å². The number of rotatable bonds is 5. The van der Waals surface area contributed by atoms with Crippen molar-refractivity contribution >= 4 is 46.1 Å². The van der Waals surface area contributed by atoms with Crippen LogP contribution < -0.4 is 16.0 Å². The number of carbonyl (C=O) groups is 3. The van der Waals surface area contributed by atoms with E-state index in [1.807, 2.05) is 12.3 Å². The molecular weight excluding hydrogens is 374 g/mol. The standard InChI is InChI=1S/C21H19N3O3S/c1-13-16(22-14(2)25)9-5-10-17(13)23-20(26)15-7-3-4-8-18(15)24-21(27)19-11-6-12-28-19/h3-12H,1-2H3,(H,22,25)(H,23,26)(H,24,27). The lowest BCUT2D eigenvalue weighted by Crippen LogP contribution is -2.18. The quantitative estimate of drug-likeness (QED) is 0.596. The molecule has 142 valence electrons. The Morgan fingerprint density at radius 3 is 2.07 bits per heavy atom. The van der Waals surface area contributed by atoms with E-state index < -0.39 is 0 Å². The van der Waals surface area contributed by atoms with Crippen molar-refractivity contribution in [2.75, 3.05) is 16.0 Å². The average molecular weight is 393 g/mol. The molecular formula is C21H19N3O3S. The van der Waals surface area contributed by atoms with Crippen molar-refractivity contribution in [3.05, 3.63) is 76.0 Å². The van der Waals surface area contributed by atoms with E-state index in [-0.39, 0.29) is 17.7 Å². The summed E-state index contributed by atoms with van der Waals surface area (Å²) in [7, 11) is 0. The van der Waals surface area contributed by atoms with E-state index in [1.54, 1.807) is 54.6 Å². The largest absolute Gasteiger partial charge is 0.326 e. The van der Waals surface area contributed by atoms with Crippen LogP contribution in [0.3, 0.4) is 0 Å². The predicted molar refractivity (Wildman–Crippen MR) is 112 cm³/mol. The van der Waals surface area contributed by atoms with Crippen molar-refractivity contribution in [3.63, 3.8) is 0 Å². The van der Waals surface area contributed by atoms with Crippen LogP contribution in [0.15, 0.2) is 60.0 Å². The Morgan fingerprint density at radius 1 is 0.750 bits per heavy atom. The molecule has 6 nitrogen and oxygen atoms in total. The Morgan fingerprint density at radius 2 is 1.39 bits per heavy atom. The molecule has 0 radical (unpaired) electrons. The maximum atomic E-state index is 12.8. The number of hydrogen-bond donors (Lipinski definition) is 3. The molecule has 7 heteroatoms. The molecule has 3 amide bonds. The van der Waals surface area contributed by atoms with Gasteiger partial charge < -0.3 is 16.0 Å². The zero-order valence-electron chi connectivity index (χ0n) is 15.4. The molecule has 0 aliphatic rings. The number of hydrogen-bond acceptors (Lipinski definition) is 4. The number of nitrogens with one attached hydrogen (secondary N) is 3. The van der Waals surface area contributed by atoms with E-state index in [0.717, 1.165) is 5.56 Å². The fourth-order valence-corrected chi connectivity index (χ4v) is 3.29. The van der Waals surface area contributed by atoms with Crippen LogP contribution in [0, 0.1) is 6.92 Å². The van der Waals surface area contributed by atoms with Gasteiger partial charge in [0, 0.05) is 18.3 Å². The zero-order valence-corrected chi connectivity index (χ0v) is 16.2. The average Bonchev–Trinajstić information content (AvgIpc) is 3.20.